The van der Waals surface area contributed by atoms with E-state index in [1.165, 1.54) is 0 Å². The number of aryl methyl sites for hydroxylation is 1. The Hall–Kier alpha value is -3.09. The monoisotopic (exact) mass is 311 g/mol. The second-order valence-electron chi connectivity index (χ2n) is 5.02. The third-order valence-electron chi connectivity index (χ3n) is 3.45. The van der Waals surface area contributed by atoms with Crippen molar-refractivity contribution in [2.75, 3.05) is 12.4 Å². The van der Waals surface area contributed by atoms with Crippen LogP contribution in [0.5, 0.6) is 5.75 Å². The number of nitrogens with zero attached hydrogens (tertiary/aromatic N) is 4. The molecule has 0 saturated carbocycles. The number of carbonyl (C=O) groups is 1. The first-order chi connectivity index (χ1) is 11.2. The summed E-state index contributed by atoms with van der Waals surface area (Å²) in [7, 11) is 3.40. The van der Waals surface area contributed by atoms with E-state index in [2.05, 4.69) is 15.5 Å². The number of benzene rings is 1. The lowest BCUT2D eigenvalue weighted by Gasteiger charge is -2.06. The molecule has 7 heteroatoms. The minimum Gasteiger partial charge on any atom is -0.496 e. The van der Waals surface area contributed by atoms with E-state index in [1.54, 1.807) is 42.0 Å². The molecule has 2 heterocycles. The molecule has 0 aliphatic rings. The number of para-hydroxylation sites is 1. The second-order valence-corrected chi connectivity index (χ2v) is 5.02. The van der Waals surface area contributed by atoms with E-state index in [0.29, 0.717) is 5.82 Å². The summed E-state index contributed by atoms with van der Waals surface area (Å²) in [6.45, 7) is 0.125. The van der Waals surface area contributed by atoms with Crippen LogP contribution < -0.4 is 10.1 Å². The van der Waals surface area contributed by atoms with Gasteiger partial charge in [0.05, 0.1) is 19.5 Å². The molecule has 3 aromatic rings. The molecule has 1 amide bonds. The fourth-order valence-electron chi connectivity index (χ4n) is 2.30. The Morgan fingerprint density at radius 2 is 2.09 bits per heavy atom. The zero-order valence-corrected chi connectivity index (χ0v) is 12.9. The molecule has 0 aliphatic heterocycles. The molecule has 7 nitrogen and oxygen atoms in total. The number of nitrogens with one attached hydrogen (secondary N) is 1. The van der Waals surface area contributed by atoms with Crippen LogP contribution in [0.3, 0.4) is 0 Å². The molecule has 0 aliphatic carbocycles. The van der Waals surface area contributed by atoms with Gasteiger partial charge in [-0.25, -0.2) is 0 Å². The number of methoxy groups -OCH3 is 1. The zero-order valence-electron chi connectivity index (χ0n) is 12.9. The lowest BCUT2D eigenvalue weighted by Crippen LogP contribution is -2.20. The molecule has 0 saturated heterocycles. The van der Waals surface area contributed by atoms with E-state index in [4.69, 9.17) is 4.74 Å². The fourth-order valence-corrected chi connectivity index (χ4v) is 2.30. The molecule has 0 radical (unpaired) electrons. The van der Waals surface area contributed by atoms with Gasteiger partial charge in [0.2, 0.25) is 5.91 Å². The molecule has 0 unspecified atom stereocenters. The van der Waals surface area contributed by atoms with Gasteiger partial charge < -0.3 is 10.1 Å². The first-order valence-electron chi connectivity index (χ1n) is 7.11. The van der Waals surface area contributed by atoms with Gasteiger partial charge in [-0.3, -0.25) is 14.2 Å². The molecule has 0 atom stereocenters. The summed E-state index contributed by atoms with van der Waals surface area (Å²) >= 11 is 0. The van der Waals surface area contributed by atoms with Crippen molar-refractivity contribution in [3.63, 3.8) is 0 Å². The molecule has 23 heavy (non-hydrogen) atoms. The van der Waals surface area contributed by atoms with E-state index in [9.17, 15) is 4.79 Å². The summed E-state index contributed by atoms with van der Waals surface area (Å²) < 4.78 is 8.54. The number of rotatable bonds is 5. The van der Waals surface area contributed by atoms with Crippen molar-refractivity contribution in [2.45, 2.75) is 6.54 Å². The first kappa shape index (κ1) is 14.8. The minimum absolute atomic E-state index is 0.125. The lowest BCUT2D eigenvalue weighted by atomic mass is 10.1. The Balaban J connectivity index is 1.72. The normalized spacial score (nSPS) is 10.5. The fraction of sp³-hybridized carbons (Fsp3) is 0.188. The Morgan fingerprint density at radius 3 is 2.83 bits per heavy atom. The highest BCUT2D eigenvalue weighted by Crippen LogP contribution is 2.28. The predicted octanol–water partition coefficient (Wildman–Crippen LogP) is 1.93. The zero-order chi connectivity index (χ0) is 16.2. The summed E-state index contributed by atoms with van der Waals surface area (Å²) in [4.78, 5) is 12.1. The Bertz CT molecular complexity index is 821. The number of amides is 1. The van der Waals surface area contributed by atoms with Gasteiger partial charge in [-0.2, -0.15) is 10.2 Å². The SMILES string of the molecule is COc1ccccc1-c1cnn(CC(=O)Nc2ccnn2C)c1. The predicted molar refractivity (Wildman–Crippen MR) is 86.1 cm³/mol. The molecule has 1 aromatic carbocycles. The number of carbonyl (C=O) groups excluding carboxylic acids is 1. The van der Waals surface area contributed by atoms with E-state index < -0.39 is 0 Å². The van der Waals surface area contributed by atoms with E-state index in [-0.39, 0.29) is 12.5 Å². The third kappa shape index (κ3) is 3.23. The Labute approximate surface area is 133 Å². The van der Waals surface area contributed by atoms with Gasteiger partial charge in [-0.1, -0.05) is 18.2 Å². The van der Waals surface area contributed by atoms with Crippen LogP contribution in [0.4, 0.5) is 5.82 Å². The van der Waals surface area contributed by atoms with E-state index in [0.717, 1.165) is 16.9 Å². The van der Waals surface area contributed by atoms with Crippen LogP contribution in [0.15, 0.2) is 48.9 Å². The van der Waals surface area contributed by atoms with Crippen molar-refractivity contribution in [1.29, 1.82) is 0 Å². The maximum Gasteiger partial charge on any atom is 0.247 e. The number of hydrogen-bond donors (Lipinski definition) is 1. The molecule has 2 aromatic heterocycles. The highest BCUT2D eigenvalue weighted by molar-refractivity contribution is 5.89. The van der Waals surface area contributed by atoms with Crippen molar-refractivity contribution >= 4 is 11.7 Å². The summed E-state index contributed by atoms with van der Waals surface area (Å²) in [5.74, 6) is 1.25. The molecule has 0 bridgehead atoms. The highest BCUT2D eigenvalue weighted by atomic mass is 16.5. The Morgan fingerprint density at radius 1 is 1.26 bits per heavy atom. The maximum absolute atomic E-state index is 12.1. The molecular weight excluding hydrogens is 294 g/mol. The summed E-state index contributed by atoms with van der Waals surface area (Å²) in [6, 6.07) is 9.43. The quantitative estimate of drug-likeness (QED) is 0.781. The van der Waals surface area contributed by atoms with Crippen molar-refractivity contribution in [3.8, 4) is 16.9 Å². The van der Waals surface area contributed by atoms with Crippen LogP contribution in [0.1, 0.15) is 0 Å². The average molecular weight is 311 g/mol. The number of hydrogen-bond acceptors (Lipinski definition) is 4. The average Bonchev–Trinajstić information content (AvgIpc) is 3.17. The van der Waals surface area contributed by atoms with Crippen LogP contribution in [0.2, 0.25) is 0 Å². The first-order valence-corrected chi connectivity index (χ1v) is 7.11. The van der Waals surface area contributed by atoms with E-state index >= 15 is 0 Å². The highest BCUT2D eigenvalue weighted by Gasteiger charge is 2.10. The van der Waals surface area contributed by atoms with Crippen molar-refractivity contribution < 1.29 is 9.53 Å². The smallest absolute Gasteiger partial charge is 0.247 e. The summed E-state index contributed by atoms with van der Waals surface area (Å²) in [5, 5.41) is 11.0. The topological polar surface area (TPSA) is 74.0 Å². The molecule has 1 N–H and O–H groups in total. The van der Waals surface area contributed by atoms with Crippen molar-refractivity contribution in [3.05, 3.63) is 48.9 Å². The van der Waals surface area contributed by atoms with Gasteiger partial charge in [0, 0.05) is 30.4 Å². The van der Waals surface area contributed by atoms with Gasteiger partial charge in [0.25, 0.3) is 0 Å². The van der Waals surface area contributed by atoms with Gasteiger partial charge in [0.15, 0.2) is 0 Å². The van der Waals surface area contributed by atoms with Crippen LogP contribution in [-0.2, 0) is 18.4 Å². The standard InChI is InChI=1S/C16H17N5O2/c1-20-15(7-8-17-20)19-16(22)11-21-10-12(9-18-21)13-5-3-4-6-14(13)23-2/h3-10H,11H2,1-2H3,(H,19,22). The van der Waals surface area contributed by atoms with E-state index in [1.807, 2.05) is 30.5 Å². The van der Waals surface area contributed by atoms with Gasteiger partial charge >= 0.3 is 0 Å². The number of ether oxygens (including phenoxy) is 1. The third-order valence-corrected chi connectivity index (χ3v) is 3.45. The van der Waals surface area contributed by atoms with Crippen LogP contribution in [0, 0.1) is 0 Å². The molecular formula is C16H17N5O2. The molecule has 118 valence electrons. The minimum atomic E-state index is -0.164. The van der Waals surface area contributed by atoms with Crippen molar-refractivity contribution in [1.82, 2.24) is 19.6 Å². The van der Waals surface area contributed by atoms with Gasteiger partial charge in [-0.15, -0.1) is 0 Å². The summed E-state index contributed by atoms with van der Waals surface area (Å²) in [5.41, 5.74) is 1.84. The van der Waals surface area contributed by atoms with Crippen LogP contribution in [0.25, 0.3) is 11.1 Å². The molecule has 0 fully saturated rings. The number of aromatic nitrogens is 4. The molecule has 3 rings (SSSR count). The van der Waals surface area contributed by atoms with Crippen LogP contribution in [-0.4, -0.2) is 32.6 Å². The van der Waals surface area contributed by atoms with Gasteiger partial charge in [-0.05, 0) is 6.07 Å². The van der Waals surface area contributed by atoms with Crippen molar-refractivity contribution in [2.24, 2.45) is 7.05 Å². The second kappa shape index (κ2) is 6.35. The largest absolute Gasteiger partial charge is 0.496 e. The summed E-state index contributed by atoms with van der Waals surface area (Å²) in [6.07, 6.45) is 5.17. The molecule has 0 spiro atoms. The maximum atomic E-state index is 12.1. The number of anilines is 1. The Kier molecular flexibility index (Phi) is 4.09. The van der Waals surface area contributed by atoms with Crippen LogP contribution >= 0.6 is 0 Å². The van der Waals surface area contributed by atoms with Gasteiger partial charge in [0.1, 0.15) is 18.1 Å². The lowest BCUT2D eigenvalue weighted by molar-refractivity contribution is -0.116.